The lowest BCUT2D eigenvalue weighted by molar-refractivity contribution is 0.0521. The van der Waals surface area contributed by atoms with Gasteiger partial charge in [0.15, 0.2) is 5.69 Å². The standard InChI is InChI=1S/C15H16N2O2S/c1-2-19-15(18)13-14(20-9-17-13)16-8-11-7-10-5-3-4-6-12(10)11/h3-6,9,11,16H,2,7-8H2,1H3. The molecule has 0 aliphatic heterocycles. The molecule has 0 amide bonds. The van der Waals surface area contributed by atoms with E-state index in [-0.39, 0.29) is 5.97 Å². The van der Waals surface area contributed by atoms with Gasteiger partial charge in [-0.25, -0.2) is 9.78 Å². The van der Waals surface area contributed by atoms with E-state index in [1.807, 2.05) is 0 Å². The maximum absolute atomic E-state index is 11.7. The van der Waals surface area contributed by atoms with E-state index in [2.05, 4.69) is 34.6 Å². The Morgan fingerprint density at radius 1 is 1.50 bits per heavy atom. The van der Waals surface area contributed by atoms with Gasteiger partial charge in [0.2, 0.25) is 0 Å². The molecule has 104 valence electrons. The molecule has 0 radical (unpaired) electrons. The summed E-state index contributed by atoms with van der Waals surface area (Å²) in [7, 11) is 0. The normalized spacial score (nSPS) is 16.1. The minimum Gasteiger partial charge on any atom is -0.461 e. The summed E-state index contributed by atoms with van der Waals surface area (Å²) in [6.07, 6.45) is 1.09. The first-order valence-corrected chi connectivity index (χ1v) is 7.59. The van der Waals surface area contributed by atoms with Crippen LogP contribution in [-0.4, -0.2) is 24.1 Å². The molecule has 1 aromatic heterocycles. The highest BCUT2D eigenvalue weighted by Gasteiger charge is 2.26. The van der Waals surface area contributed by atoms with E-state index in [0.717, 1.165) is 18.0 Å². The summed E-state index contributed by atoms with van der Waals surface area (Å²) in [5, 5.41) is 4.13. The molecule has 1 heterocycles. The van der Waals surface area contributed by atoms with Crippen LogP contribution in [0.4, 0.5) is 5.00 Å². The van der Waals surface area contributed by atoms with E-state index in [1.165, 1.54) is 22.5 Å². The number of aromatic nitrogens is 1. The zero-order valence-corrected chi connectivity index (χ0v) is 12.1. The third-order valence-corrected chi connectivity index (χ3v) is 4.29. The van der Waals surface area contributed by atoms with Crippen molar-refractivity contribution in [2.24, 2.45) is 0 Å². The van der Waals surface area contributed by atoms with Crippen molar-refractivity contribution in [3.8, 4) is 0 Å². The van der Waals surface area contributed by atoms with Gasteiger partial charge in [0.25, 0.3) is 0 Å². The lowest BCUT2D eigenvalue weighted by Gasteiger charge is -2.30. The molecule has 4 nitrogen and oxygen atoms in total. The largest absolute Gasteiger partial charge is 0.461 e. The van der Waals surface area contributed by atoms with Gasteiger partial charge < -0.3 is 10.1 Å². The van der Waals surface area contributed by atoms with E-state index in [1.54, 1.807) is 12.4 Å². The van der Waals surface area contributed by atoms with Gasteiger partial charge in [-0.2, -0.15) is 0 Å². The summed E-state index contributed by atoms with van der Waals surface area (Å²) in [5.74, 6) is 0.161. The average molecular weight is 288 g/mol. The second kappa shape index (κ2) is 5.63. The van der Waals surface area contributed by atoms with Crippen molar-refractivity contribution < 1.29 is 9.53 Å². The summed E-state index contributed by atoms with van der Waals surface area (Å²) >= 11 is 1.44. The monoisotopic (exact) mass is 288 g/mol. The zero-order valence-electron chi connectivity index (χ0n) is 11.3. The third kappa shape index (κ3) is 2.41. The van der Waals surface area contributed by atoms with E-state index < -0.39 is 0 Å². The Balaban J connectivity index is 1.63. The van der Waals surface area contributed by atoms with Gasteiger partial charge in [0, 0.05) is 12.5 Å². The van der Waals surface area contributed by atoms with Gasteiger partial charge >= 0.3 is 5.97 Å². The van der Waals surface area contributed by atoms with Crippen LogP contribution >= 0.6 is 11.3 Å². The highest BCUT2D eigenvalue weighted by atomic mass is 32.1. The Bertz CT molecular complexity index is 624. The highest BCUT2D eigenvalue weighted by molar-refractivity contribution is 7.14. The van der Waals surface area contributed by atoms with Crippen LogP contribution in [0.25, 0.3) is 0 Å². The molecule has 0 saturated heterocycles. The van der Waals surface area contributed by atoms with Crippen molar-refractivity contribution in [3.05, 3.63) is 46.6 Å². The molecule has 2 aromatic rings. The van der Waals surface area contributed by atoms with Crippen LogP contribution in [0.1, 0.15) is 34.5 Å². The van der Waals surface area contributed by atoms with Crippen LogP contribution in [0.15, 0.2) is 29.8 Å². The quantitative estimate of drug-likeness (QED) is 0.859. The fraction of sp³-hybridized carbons (Fsp3) is 0.333. The van der Waals surface area contributed by atoms with Gasteiger partial charge in [0.05, 0.1) is 12.1 Å². The number of nitrogens with zero attached hydrogens (tertiary/aromatic N) is 1. The van der Waals surface area contributed by atoms with Gasteiger partial charge in [-0.1, -0.05) is 24.3 Å². The van der Waals surface area contributed by atoms with E-state index in [4.69, 9.17) is 4.74 Å². The number of ether oxygens (including phenoxy) is 1. The average Bonchev–Trinajstić information content (AvgIpc) is 2.88. The van der Waals surface area contributed by atoms with Crippen molar-refractivity contribution in [1.29, 1.82) is 0 Å². The molecule has 1 aliphatic carbocycles. The number of benzene rings is 1. The van der Waals surface area contributed by atoms with Crippen molar-refractivity contribution in [3.63, 3.8) is 0 Å². The predicted molar refractivity (Wildman–Crippen MR) is 79.4 cm³/mol. The molecule has 0 spiro atoms. The Labute approximate surface area is 121 Å². The summed E-state index contributed by atoms with van der Waals surface area (Å²) in [5.41, 5.74) is 4.89. The second-order valence-electron chi connectivity index (χ2n) is 4.73. The van der Waals surface area contributed by atoms with E-state index in [9.17, 15) is 4.79 Å². The number of hydrogen-bond donors (Lipinski definition) is 1. The minimum atomic E-state index is -0.356. The molecule has 5 heteroatoms. The van der Waals surface area contributed by atoms with Crippen molar-refractivity contribution in [2.45, 2.75) is 19.3 Å². The van der Waals surface area contributed by atoms with E-state index >= 15 is 0 Å². The van der Waals surface area contributed by atoms with Gasteiger partial charge in [-0.15, -0.1) is 11.3 Å². The van der Waals surface area contributed by atoms with Crippen LogP contribution in [0, 0.1) is 0 Å². The number of thiazole rings is 1. The number of carbonyl (C=O) groups excluding carboxylic acids is 1. The van der Waals surface area contributed by atoms with Crippen LogP contribution in [0.2, 0.25) is 0 Å². The lowest BCUT2D eigenvalue weighted by atomic mass is 9.78. The smallest absolute Gasteiger partial charge is 0.360 e. The number of hydrogen-bond acceptors (Lipinski definition) is 5. The van der Waals surface area contributed by atoms with Crippen LogP contribution in [0.5, 0.6) is 0 Å². The first kappa shape index (κ1) is 13.1. The zero-order chi connectivity index (χ0) is 13.9. The molecule has 1 unspecified atom stereocenters. The Hall–Kier alpha value is -1.88. The lowest BCUT2D eigenvalue weighted by Crippen LogP contribution is -2.24. The Morgan fingerprint density at radius 3 is 3.15 bits per heavy atom. The predicted octanol–water partition coefficient (Wildman–Crippen LogP) is 3.07. The van der Waals surface area contributed by atoms with E-state index in [0.29, 0.717) is 18.2 Å². The molecule has 1 aliphatic rings. The number of fused-ring (bicyclic) bond motifs is 1. The van der Waals surface area contributed by atoms with Gasteiger partial charge in [-0.3, -0.25) is 0 Å². The number of rotatable bonds is 5. The van der Waals surface area contributed by atoms with Gasteiger partial charge in [-0.05, 0) is 24.5 Å². The summed E-state index contributed by atoms with van der Waals surface area (Å²) < 4.78 is 5.00. The number of anilines is 1. The SMILES string of the molecule is CCOC(=O)c1ncsc1NCC1Cc2ccccc21. The molecule has 3 rings (SSSR count). The number of esters is 1. The molecule has 20 heavy (non-hydrogen) atoms. The second-order valence-corrected chi connectivity index (χ2v) is 5.59. The van der Waals surface area contributed by atoms with Crippen molar-refractivity contribution in [2.75, 3.05) is 18.5 Å². The van der Waals surface area contributed by atoms with Crippen molar-refractivity contribution >= 4 is 22.3 Å². The first-order valence-electron chi connectivity index (χ1n) is 6.72. The molecule has 0 fully saturated rings. The van der Waals surface area contributed by atoms with Crippen LogP contribution in [-0.2, 0) is 11.2 Å². The molecule has 0 bridgehead atoms. The van der Waals surface area contributed by atoms with Crippen molar-refractivity contribution in [1.82, 2.24) is 4.98 Å². The highest BCUT2D eigenvalue weighted by Crippen LogP contribution is 2.35. The topological polar surface area (TPSA) is 51.2 Å². The molecular formula is C15H16N2O2S. The number of carbonyl (C=O) groups is 1. The Kier molecular flexibility index (Phi) is 3.69. The molecule has 1 atom stereocenters. The maximum Gasteiger partial charge on any atom is 0.360 e. The molecular weight excluding hydrogens is 272 g/mol. The third-order valence-electron chi connectivity index (χ3n) is 3.51. The Morgan fingerprint density at radius 2 is 2.35 bits per heavy atom. The summed E-state index contributed by atoms with van der Waals surface area (Å²) in [4.78, 5) is 15.8. The first-order chi connectivity index (χ1) is 9.79. The molecule has 0 saturated carbocycles. The van der Waals surface area contributed by atoms with Crippen LogP contribution < -0.4 is 5.32 Å². The van der Waals surface area contributed by atoms with Gasteiger partial charge in [0.1, 0.15) is 5.00 Å². The summed E-state index contributed by atoms with van der Waals surface area (Å²) in [6, 6.07) is 8.49. The molecule has 1 aromatic carbocycles. The fourth-order valence-corrected chi connectivity index (χ4v) is 3.16. The maximum atomic E-state index is 11.7. The minimum absolute atomic E-state index is 0.356. The summed E-state index contributed by atoms with van der Waals surface area (Å²) in [6.45, 7) is 2.99. The van der Waals surface area contributed by atoms with Crippen LogP contribution in [0.3, 0.4) is 0 Å². The fourth-order valence-electron chi connectivity index (χ4n) is 2.48. The number of nitrogens with one attached hydrogen (secondary N) is 1. The molecule has 1 N–H and O–H groups in total.